The maximum Gasteiger partial charge on any atom is 0.0459 e. The Balaban J connectivity index is 2.29. The molecule has 0 aliphatic heterocycles. The fourth-order valence-corrected chi connectivity index (χ4v) is 2.23. The van der Waals surface area contributed by atoms with E-state index in [2.05, 4.69) is 36.2 Å². The normalized spacial score (nSPS) is 11.1. The Bertz CT molecular complexity index is 448. The molecule has 0 aliphatic carbocycles. The van der Waals surface area contributed by atoms with Gasteiger partial charge in [0.15, 0.2) is 0 Å². The molecule has 0 amide bonds. The van der Waals surface area contributed by atoms with Crippen LogP contribution < -0.4 is 5.73 Å². The summed E-state index contributed by atoms with van der Waals surface area (Å²) in [4.78, 5) is 3.43. The average molecular weight is 220 g/mol. The standard InChI is InChI=1S/C12H16N2S/c1-2-15-8-11-6-10-4-3-9(7-13)5-12(10)14-11/h3-6,14H,2,7-8,13H2,1H3. The van der Waals surface area contributed by atoms with Crippen molar-refractivity contribution in [3.05, 3.63) is 35.5 Å². The first-order valence-electron chi connectivity index (χ1n) is 5.22. The first-order valence-corrected chi connectivity index (χ1v) is 6.37. The van der Waals surface area contributed by atoms with E-state index in [0.29, 0.717) is 6.54 Å². The summed E-state index contributed by atoms with van der Waals surface area (Å²) in [6.45, 7) is 2.79. The van der Waals surface area contributed by atoms with Crippen LogP contribution in [0, 0.1) is 0 Å². The van der Waals surface area contributed by atoms with Gasteiger partial charge in [0.1, 0.15) is 0 Å². The van der Waals surface area contributed by atoms with Crippen molar-refractivity contribution in [2.24, 2.45) is 5.73 Å². The number of H-pyrrole nitrogens is 1. The zero-order chi connectivity index (χ0) is 10.7. The van der Waals surface area contributed by atoms with E-state index in [1.807, 2.05) is 11.8 Å². The number of hydrogen-bond donors (Lipinski definition) is 2. The maximum atomic E-state index is 5.61. The molecule has 0 spiro atoms. The lowest BCUT2D eigenvalue weighted by molar-refractivity contribution is 1.07. The number of nitrogens with one attached hydrogen (secondary N) is 1. The summed E-state index contributed by atoms with van der Waals surface area (Å²) < 4.78 is 0. The monoisotopic (exact) mass is 220 g/mol. The van der Waals surface area contributed by atoms with Crippen LogP contribution in [0.5, 0.6) is 0 Å². The minimum absolute atomic E-state index is 0.605. The van der Waals surface area contributed by atoms with E-state index in [-0.39, 0.29) is 0 Å². The van der Waals surface area contributed by atoms with E-state index in [0.717, 1.165) is 11.5 Å². The number of aromatic amines is 1. The molecule has 2 rings (SSSR count). The van der Waals surface area contributed by atoms with Crippen molar-refractivity contribution >= 4 is 22.7 Å². The van der Waals surface area contributed by atoms with E-state index in [1.165, 1.54) is 22.2 Å². The molecular formula is C12H16N2S. The Morgan fingerprint density at radius 3 is 2.93 bits per heavy atom. The van der Waals surface area contributed by atoms with Gasteiger partial charge in [-0.15, -0.1) is 0 Å². The van der Waals surface area contributed by atoms with Gasteiger partial charge in [-0.2, -0.15) is 11.8 Å². The van der Waals surface area contributed by atoms with Crippen molar-refractivity contribution in [1.82, 2.24) is 4.98 Å². The molecule has 80 valence electrons. The zero-order valence-electron chi connectivity index (χ0n) is 8.92. The van der Waals surface area contributed by atoms with Crippen LogP contribution in [0.1, 0.15) is 18.2 Å². The Hall–Kier alpha value is -0.930. The van der Waals surface area contributed by atoms with E-state index in [4.69, 9.17) is 5.73 Å². The number of aromatic nitrogens is 1. The van der Waals surface area contributed by atoms with Crippen molar-refractivity contribution < 1.29 is 0 Å². The van der Waals surface area contributed by atoms with E-state index in [9.17, 15) is 0 Å². The fraction of sp³-hybridized carbons (Fsp3) is 0.333. The molecule has 0 unspecified atom stereocenters. The topological polar surface area (TPSA) is 41.8 Å². The van der Waals surface area contributed by atoms with Gasteiger partial charge in [-0.3, -0.25) is 0 Å². The Kier molecular flexibility index (Phi) is 3.34. The highest BCUT2D eigenvalue weighted by atomic mass is 32.2. The predicted octanol–water partition coefficient (Wildman–Crippen LogP) is 2.88. The summed E-state index contributed by atoms with van der Waals surface area (Å²) in [6.07, 6.45) is 0. The molecule has 2 aromatic rings. The van der Waals surface area contributed by atoms with Crippen molar-refractivity contribution in [2.45, 2.75) is 19.2 Å². The van der Waals surface area contributed by atoms with Crippen LogP contribution in [0.25, 0.3) is 10.9 Å². The average Bonchev–Trinajstić information content (AvgIpc) is 2.67. The predicted molar refractivity (Wildman–Crippen MR) is 68.0 cm³/mol. The summed E-state index contributed by atoms with van der Waals surface area (Å²) in [7, 11) is 0. The lowest BCUT2D eigenvalue weighted by Gasteiger charge is -1.95. The van der Waals surface area contributed by atoms with Gasteiger partial charge < -0.3 is 10.7 Å². The SMILES string of the molecule is CCSCc1cc2ccc(CN)cc2[nH]1. The van der Waals surface area contributed by atoms with Crippen LogP contribution >= 0.6 is 11.8 Å². The third kappa shape index (κ3) is 2.36. The van der Waals surface area contributed by atoms with E-state index >= 15 is 0 Å². The molecule has 1 heterocycles. The molecule has 15 heavy (non-hydrogen) atoms. The number of rotatable bonds is 4. The molecule has 0 saturated heterocycles. The number of fused-ring (bicyclic) bond motifs is 1. The molecule has 1 aromatic heterocycles. The highest BCUT2D eigenvalue weighted by molar-refractivity contribution is 7.98. The van der Waals surface area contributed by atoms with E-state index < -0.39 is 0 Å². The number of nitrogens with two attached hydrogens (primary N) is 1. The number of hydrogen-bond acceptors (Lipinski definition) is 2. The molecule has 3 heteroatoms. The molecule has 0 atom stereocenters. The van der Waals surface area contributed by atoms with Gasteiger partial charge in [-0.05, 0) is 28.8 Å². The van der Waals surface area contributed by atoms with E-state index in [1.54, 1.807) is 0 Å². The minimum atomic E-state index is 0.605. The summed E-state index contributed by atoms with van der Waals surface area (Å²) >= 11 is 1.93. The van der Waals surface area contributed by atoms with Crippen LogP contribution in [0.4, 0.5) is 0 Å². The van der Waals surface area contributed by atoms with Gasteiger partial charge in [0.25, 0.3) is 0 Å². The van der Waals surface area contributed by atoms with Crippen LogP contribution in [-0.4, -0.2) is 10.7 Å². The van der Waals surface area contributed by atoms with Gasteiger partial charge >= 0.3 is 0 Å². The van der Waals surface area contributed by atoms with Gasteiger partial charge in [-0.1, -0.05) is 19.1 Å². The van der Waals surface area contributed by atoms with Crippen LogP contribution in [-0.2, 0) is 12.3 Å². The maximum absolute atomic E-state index is 5.61. The highest BCUT2D eigenvalue weighted by Gasteiger charge is 2.01. The van der Waals surface area contributed by atoms with Crippen molar-refractivity contribution in [3.63, 3.8) is 0 Å². The number of benzene rings is 1. The van der Waals surface area contributed by atoms with Gasteiger partial charge in [0.2, 0.25) is 0 Å². The van der Waals surface area contributed by atoms with Crippen molar-refractivity contribution in [1.29, 1.82) is 0 Å². The smallest absolute Gasteiger partial charge is 0.0459 e. The van der Waals surface area contributed by atoms with Crippen LogP contribution in [0.3, 0.4) is 0 Å². The van der Waals surface area contributed by atoms with Crippen LogP contribution in [0.2, 0.25) is 0 Å². The minimum Gasteiger partial charge on any atom is -0.358 e. The summed E-state index contributed by atoms with van der Waals surface area (Å²) in [5, 5.41) is 1.28. The van der Waals surface area contributed by atoms with Gasteiger partial charge in [0, 0.05) is 23.5 Å². The second-order valence-electron chi connectivity index (χ2n) is 3.56. The Morgan fingerprint density at radius 1 is 1.33 bits per heavy atom. The lowest BCUT2D eigenvalue weighted by atomic mass is 10.2. The quantitative estimate of drug-likeness (QED) is 0.832. The summed E-state index contributed by atoms with van der Waals surface area (Å²) in [5.74, 6) is 2.21. The molecule has 0 fully saturated rings. The summed E-state index contributed by atoms with van der Waals surface area (Å²) in [5.41, 5.74) is 9.29. The first kappa shape index (κ1) is 10.6. The summed E-state index contributed by atoms with van der Waals surface area (Å²) in [6, 6.07) is 8.58. The second kappa shape index (κ2) is 4.73. The molecule has 0 radical (unpaired) electrons. The zero-order valence-corrected chi connectivity index (χ0v) is 9.73. The molecule has 0 aliphatic rings. The largest absolute Gasteiger partial charge is 0.358 e. The Morgan fingerprint density at radius 2 is 2.20 bits per heavy atom. The van der Waals surface area contributed by atoms with Crippen molar-refractivity contribution in [3.8, 4) is 0 Å². The molecule has 3 N–H and O–H groups in total. The third-order valence-electron chi connectivity index (χ3n) is 2.44. The van der Waals surface area contributed by atoms with Gasteiger partial charge in [0.05, 0.1) is 0 Å². The third-order valence-corrected chi connectivity index (χ3v) is 3.36. The molecule has 0 bridgehead atoms. The lowest BCUT2D eigenvalue weighted by Crippen LogP contribution is -1.94. The first-order chi connectivity index (χ1) is 7.33. The highest BCUT2D eigenvalue weighted by Crippen LogP contribution is 2.20. The van der Waals surface area contributed by atoms with Gasteiger partial charge in [-0.25, -0.2) is 0 Å². The second-order valence-corrected chi connectivity index (χ2v) is 4.83. The number of thioether (sulfide) groups is 1. The molecule has 0 saturated carbocycles. The fourth-order valence-electron chi connectivity index (χ4n) is 1.65. The van der Waals surface area contributed by atoms with Crippen molar-refractivity contribution in [2.75, 3.05) is 5.75 Å². The van der Waals surface area contributed by atoms with Crippen LogP contribution in [0.15, 0.2) is 24.3 Å². The molecule has 1 aromatic carbocycles. The Labute approximate surface area is 94.2 Å². The molecular weight excluding hydrogens is 204 g/mol. The molecule has 2 nitrogen and oxygen atoms in total.